The molecule has 0 fully saturated rings. The van der Waals surface area contributed by atoms with E-state index in [-0.39, 0.29) is 24.1 Å². The molecule has 0 aliphatic heterocycles. The SMILES string of the molecule is CCCCCCCC/C=C\CCCCCCCCC(CCCCCCCC(=O)OC(CCCCCCCC)CCCCCCCC)OC(=O)CCCN(C)C. The van der Waals surface area contributed by atoms with Gasteiger partial charge in [0, 0.05) is 12.8 Å². The van der Waals surface area contributed by atoms with E-state index in [1.54, 1.807) is 0 Å². The smallest absolute Gasteiger partial charge is 0.306 e. The van der Waals surface area contributed by atoms with Crippen LogP contribution in [-0.2, 0) is 19.1 Å². The summed E-state index contributed by atoms with van der Waals surface area (Å²) in [5, 5.41) is 0. The van der Waals surface area contributed by atoms with Gasteiger partial charge in [0.15, 0.2) is 0 Å². The number of rotatable bonds is 44. The number of allylic oxidation sites excluding steroid dienone is 2. The summed E-state index contributed by atoms with van der Waals surface area (Å²) >= 11 is 0. The van der Waals surface area contributed by atoms with Gasteiger partial charge in [0.05, 0.1) is 0 Å². The molecule has 0 amide bonds. The number of nitrogens with zero attached hydrogens (tertiary/aromatic N) is 1. The lowest BCUT2D eigenvalue weighted by Crippen LogP contribution is -2.20. The standard InChI is InChI=1S/C50H97NO4/c1-6-9-12-15-18-19-20-21-22-23-24-25-26-27-31-36-42-48(55-50(53)45-39-46-51(4)5)43-37-32-28-33-38-44-49(52)54-47(40-34-29-16-13-10-7-2)41-35-30-17-14-11-8-3/h21-22,47-48H,6-20,23-46H2,1-5H3/b22-21-. The Bertz CT molecular complexity index is 811. The second-order valence-electron chi connectivity index (χ2n) is 17.3. The first-order valence-electron chi connectivity index (χ1n) is 24.6. The third-order valence-corrected chi connectivity index (χ3v) is 11.3. The van der Waals surface area contributed by atoms with Gasteiger partial charge in [0.1, 0.15) is 12.2 Å². The zero-order valence-electron chi connectivity index (χ0n) is 38.0. The van der Waals surface area contributed by atoms with Crippen LogP contribution in [0.3, 0.4) is 0 Å². The minimum atomic E-state index is -0.0267. The van der Waals surface area contributed by atoms with Crippen LogP contribution in [0.25, 0.3) is 0 Å². The quantitative estimate of drug-likeness (QED) is 0.0350. The van der Waals surface area contributed by atoms with Crippen LogP contribution in [0.15, 0.2) is 12.2 Å². The van der Waals surface area contributed by atoms with Crippen molar-refractivity contribution in [3.63, 3.8) is 0 Å². The molecular formula is C50H97NO4. The van der Waals surface area contributed by atoms with Crippen molar-refractivity contribution < 1.29 is 19.1 Å². The van der Waals surface area contributed by atoms with Crippen LogP contribution in [0.5, 0.6) is 0 Å². The fourth-order valence-electron chi connectivity index (χ4n) is 7.65. The van der Waals surface area contributed by atoms with Crippen LogP contribution in [-0.4, -0.2) is 49.7 Å². The van der Waals surface area contributed by atoms with Gasteiger partial charge in [0.2, 0.25) is 0 Å². The third kappa shape index (κ3) is 42.1. The maximum atomic E-state index is 12.8. The Labute approximate surface area is 344 Å². The highest BCUT2D eigenvalue weighted by molar-refractivity contribution is 5.69. The molecule has 0 saturated heterocycles. The van der Waals surface area contributed by atoms with Crippen LogP contribution in [0.4, 0.5) is 0 Å². The van der Waals surface area contributed by atoms with Gasteiger partial charge in [-0.3, -0.25) is 9.59 Å². The predicted octanol–water partition coefficient (Wildman–Crippen LogP) is 15.8. The maximum Gasteiger partial charge on any atom is 0.306 e. The average Bonchev–Trinajstić information content (AvgIpc) is 3.16. The van der Waals surface area contributed by atoms with Crippen LogP contribution >= 0.6 is 0 Å². The van der Waals surface area contributed by atoms with E-state index < -0.39 is 0 Å². The molecule has 0 radical (unpaired) electrons. The average molecular weight is 776 g/mol. The van der Waals surface area contributed by atoms with E-state index in [1.165, 1.54) is 161 Å². The van der Waals surface area contributed by atoms with E-state index >= 15 is 0 Å². The van der Waals surface area contributed by atoms with E-state index in [4.69, 9.17) is 9.47 Å². The minimum Gasteiger partial charge on any atom is -0.462 e. The number of ether oxygens (including phenoxy) is 2. The predicted molar refractivity (Wildman–Crippen MR) is 240 cm³/mol. The van der Waals surface area contributed by atoms with Gasteiger partial charge in [-0.15, -0.1) is 0 Å². The normalized spacial score (nSPS) is 12.3. The van der Waals surface area contributed by atoms with Crippen molar-refractivity contribution in [2.75, 3.05) is 20.6 Å². The van der Waals surface area contributed by atoms with Gasteiger partial charge < -0.3 is 14.4 Å². The van der Waals surface area contributed by atoms with Gasteiger partial charge in [0.25, 0.3) is 0 Å². The van der Waals surface area contributed by atoms with E-state index in [1.807, 2.05) is 0 Å². The Morgan fingerprint density at radius 2 is 0.691 bits per heavy atom. The Morgan fingerprint density at radius 1 is 0.400 bits per heavy atom. The molecule has 5 nitrogen and oxygen atoms in total. The molecule has 0 aromatic carbocycles. The number of carbonyl (C=O) groups is 2. The fourth-order valence-corrected chi connectivity index (χ4v) is 7.65. The van der Waals surface area contributed by atoms with Crippen LogP contribution in [0, 0.1) is 0 Å². The lowest BCUT2D eigenvalue weighted by molar-refractivity contribution is -0.151. The van der Waals surface area contributed by atoms with Gasteiger partial charge in [-0.1, -0.05) is 174 Å². The van der Waals surface area contributed by atoms with Crippen molar-refractivity contribution in [3.8, 4) is 0 Å². The lowest BCUT2D eigenvalue weighted by Gasteiger charge is -2.19. The molecule has 0 rings (SSSR count). The zero-order valence-corrected chi connectivity index (χ0v) is 38.0. The van der Waals surface area contributed by atoms with E-state index in [2.05, 4.69) is 51.9 Å². The molecule has 0 heterocycles. The second-order valence-corrected chi connectivity index (χ2v) is 17.3. The highest BCUT2D eigenvalue weighted by Gasteiger charge is 2.16. The van der Waals surface area contributed by atoms with Crippen molar-refractivity contribution in [1.82, 2.24) is 4.90 Å². The molecule has 0 aliphatic carbocycles. The highest BCUT2D eigenvalue weighted by atomic mass is 16.5. The minimum absolute atomic E-state index is 0.0128. The molecule has 0 N–H and O–H groups in total. The maximum absolute atomic E-state index is 12.8. The molecule has 0 bridgehead atoms. The summed E-state index contributed by atoms with van der Waals surface area (Å²) < 4.78 is 12.1. The van der Waals surface area contributed by atoms with E-state index in [9.17, 15) is 9.59 Å². The van der Waals surface area contributed by atoms with E-state index in [0.29, 0.717) is 12.8 Å². The monoisotopic (exact) mass is 776 g/mol. The van der Waals surface area contributed by atoms with Crippen LogP contribution in [0.1, 0.15) is 265 Å². The van der Waals surface area contributed by atoms with Crippen molar-refractivity contribution in [2.24, 2.45) is 0 Å². The number of hydrogen-bond donors (Lipinski definition) is 0. The molecule has 5 heteroatoms. The molecule has 0 aromatic heterocycles. The van der Waals surface area contributed by atoms with E-state index in [0.717, 1.165) is 77.2 Å². The van der Waals surface area contributed by atoms with Gasteiger partial charge in [-0.25, -0.2) is 0 Å². The highest BCUT2D eigenvalue weighted by Crippen LogP contribution is 2.20. The molecule has 1 unspecified atom stereocenters. The molecule has 0 spiro atoms. The largest absolute Gasteiger partial charge is 0.462 e. The summed E-state index contributed by atoms with van der Waals surface area (Å²) in [6.07, 6.45) is 50.0. The number of unbranched alkanes of at least 4 members (excludes halogenated alkanes) is 26. The number of hydrogen-bond acceptors (Lipinski definition) is 5. The summed E-state index contributed by atoms with van der Waals surface area (Å²) in [5.74, 6) is -0.0138. The molecule has 0 aromatic rings. The molecule has 0 saturated carbocycles. The summed E-state index contributed by atoms with van der Waals surface area (Å²) in [6, 6.07) is 0. The molecular weight excluding hydrogens is 679 g/mol. The van der Waals surface area contributed by atoms with Crippen LogP contribution in [0.2, 0.25) is 0 Å². The van der Waals surface area contributed by atoms with Crippen molar-refractivity contribution >= 4 is 11.9 Å². The summed E-state index contributed by atoms with van der Waals surface area (Å²) in [5.41, 5.74) is 0. The third-order valence-electron chi connectivity index (χ3n) is 11.3. The summed E-state index contributed by atoms with van der Waals surface area (Å²) in [6.45, 7) is 7.73. The zero-order chi connectivity index (χ0) is 40.3. The Balaban J connectivity index is 4.35. The fraction of sp³-hybridized carbons (Fsp3) is 0.920. The van der Waals surface area contributed by atoms with Gasteiger partial charge in [-0.05, 0) is 111 Å². The molecule has 0 aliphatic rings. The molecule has 55 heavy (non-hydrogen) atoms. The molecule has 1 atom stereocenters. The first-order valence-corrected chi connectivity index (χ1v) is 24.6. The Morgan fingerprint density at radius 3 is 1.04 bits per heavy atom. The second kappa shape index (κ2) is 43.8. The molecule has 326 valence electrons. The van der Waals surface area contributed by atoms with Crippen molar-refractivity contribution in [3.05, 3.63) is 12.2 Å². The van der Waals surface area contributed by atoms with Gasteiger partial charge in [-0.2, -0.15) is 0 Å². The lowest BCUT2D eigenvalue weighted by atomic mass is 10.0. The summed E-state index contributed by atoms with van der Waals surface area (Å²) in [4.78, 5) is 27.6. The first-order chi connectivity index (χ1) is 26.9. The Kier molecular flexibility index (Phi) is 42.7. The number of esters is 2. The number of carbonyl (C=O) groups excluding carboxylic acids is 2. The van der Waals surface area contributed by atoms with Crippen molar-refractivity contribution in [1.29, 1.82) is 0 Å². The summed E-state index contributed by atoms with van der Waals surface area (Å²) in [7, 11) is 4.10. The van der Waals surface area contributed by atoms with Gasteiger partial charge >= 0.3 is 11.9 Å². The van der Waals surface area contributed by atoms with Crippen LogP contribution < -0.4 is 0 Å². The Hall–Kier alpha value is -1.36. The van der Waals surface area contributed by atoms with Crippen molar-refractivity contribution in [2.45, 2.75) is 277 Å². The first kappa shape index (κ1) is 53.6. The topological polar surface area (TPSA) is 55.8 Å².